The highest BCUT2D eigenvalue weighted by Gasteiger charge is 2.24. The van der Waals surface area contributed by atoms with Crippen LogP contribution < -0.4 is 4.90 Å². The maximum atomic E-state index is 11.5. The van der Waals surface area contributed by atoms with Crippen molar-refractivity contribution in [3.63, 3.8) is 0 Å². The number of hydrogen-bond acceptors (Lipinski definition) is 2. The van der Waals surface area contributed by atoms with Gasteiger partial charge in [0.1, 0.15) is 5.82 Å². The van der Waals surface area contributed by atoms with Gasteiger partial charge in [-0.15, -0.1) is 0 Å². The van der Waals surface area contributed by atoms with Crippen molar-refractivity contribution < 1.29 is 4.79 Å². The number of carbonyl (C=O) groups is 1. The molecule has 0 saturated heterocycles. The highest BCUT2D eigenvalue weighted by atomic mass is 35.5. The van der Waals surface area contributed by atoms with Crippen LogP contribution in [0.1, 0.15) is 12.5 Å². The van der Waals surface area contributed by atoms with Crippen LogP contribution in [0.4, 0.5) is 5.82 Å². The first-order chi connectivity index (χ1) is 8.15. The SMILES string of the molecule is CC(=O)N1CCc2cc3cc(Cl)ccc3nc21. The molecule has 1 aliphatic heterocycles. The normalized spacial score (nSPS) is 14.1. The molecule has 3 rings (SSSR count). The third-order valence-electron chi connectivity index (χ3n) is 3.07. The number of pyridine rings is 1. The van der Waals surface area contributed by atoms with E-state index in [0.717, 1.165) is 35.2 Å². The Morgan fingerprint density at radius 2 is 2.24 bits per heavy atom. The lowest BCUT2D eigenvalue weighted by Gasteiger charge is -2.13. The predicted octanol–water partition coefficient (Wildman–Crippen LogP) is 2.80. The lowest BCUT2D eigenvalue weighted by molar-refractivity contribution is -0.116. The Hall–Kier alpha value is -1.61. The topological polar surface area (TPSA) is 33.2 Å². The zero-order valence-electron chi connectivity index (χ0n) is 9.40. The Bertz CT molecular complexity index is 624. The molecule has 1 aliphatic rings. The van der Waals surface area contributed by atoms with E-state index in [1.54, 1.807) is 11.8 Å². The van der Waals surface area contributed by atoms with E-state index in [4.69, 9.17) is 11.6 Å². The maximum Gasteiger partial charge on any atom is 0.225 e. The molecule has 4 heteroatoms. The Morgan fingerprint density at radius 1 is 1.41 bits per heavy atom. The minimum atomic E-state index is 0.0459. The van der Waals surface area contributed by atoms with Crippen LogP contribution in [-0.2, 0) is 11.2 Å². The average molecular weight is 247 g/mol. The second-order valence-corrected chi connectivity index (χ2v) is 4.67. The Morgan fingerprint density at radius 3 is 3.00 bits per heavy atom. The number of amides is 1. The number of hydrogen-bond donors (Lipinski definition) is 0. The Labute approximate surface area is 104 Å². The number of benzene rings is 1. The number of anilines is 1. The van der Waals surface area contributed by atoms with Crippen LogP contribution in [0.5, 0.6) is 0 Å². The van der Waals surface area contributed by atoms with Gasteiger partial charge in [-0.05, 0) is 36.2 Å². The summed E-state index contributed by atoms with van der Waals surface area (Å²) < 4.78 is 0. The van der Waals surface area contributed by atoms with Crippen molar-refractivity contribution in [3.05, 3.63) is 34.9 Å². The van der Waals surface area contributed by atoms with E-state index >= 15 is 0 Å². The molecule has 0 N–H and O–H groups in total. The fourth-order valence-electron chi connectivity index (χ4n) is 2.24. The summed E-state index contributed by atoms with van der Waals surface area (Å²) in [5, 5.41) is 1.74. The van der Waals surface area contributed by atoms with Crippen molar-refractivity contribution >= 4 is 34.2 Å². The summed E-state index contributed by atoms with van der Waals surface area (Å²) in [7, 11) is 0. The molecule has 0 bridgehead atoms. The maximum absolute atomic E-state index is 11.5. The van der Waals surface area contributed by atoms with Crippen LogP contribution in [0.25, 0.3) is 10.9 Å². The molecule has 0 atom stereocenters. The second-order valence-electron chi connectivity index (χ2n) is 4.23. The molecule has 0 saturated carbocycles. The molecule has 2 aromatic rings. The molecule has 1 amide bonds. The van der Waals surface area contributed by atoms with Crippen molar-refractivity contribution in [1.82, 2.24) is 4.98 Å². The molecule has 0 fully saturated rings. The number of nitrogens with zero attached hydrogens (tertiary/aromatic N) is 2. The van der Waals surface area contributed by atoms with E-state index in [1.165, 1.54) is 0 Å². The summed E-state index contributed by atoms with van der Waals surface area (Å²) in [6.07, 6.45) is 0.865. The van der Waals surface area contributed by atoms with Gasteiger partial charge in [0.25, 0.3) is 0 Å². The van der Waals surface area contributed by atoms with Crippen molar-refractivity contribution in [2.24, 2.45) is 0 Å². The van der Waals surface area contributed by atoms with Gasteiger partial charge in [0, 0.05) is 23.9 Å². The van der Waals surface area contributed by atoms with Gasteiger partial charge < -0.3 is 0 Å². The number of rotatable bonds is 0. The van der Waals surface area contributed by atoms with E-state index in [9.17, 15) is 4.79 Å². The standard InChI is InChI=1S/C13H11ClN2O/c1-8(17)16-5-4-9-6-10-7-11(14)2-3-12(10)15-13(9)16/h2-3,6-7H,4-5H2,1H3. The van der Waals surface area contributed by atoms with E-state index < -0.39 is 0 Å². The average Bonchev–Trinajstić information content (AvgIpc) is 2.68. The molecule has 2 heterocycles. The summed E-state index contributed by atoms with van der Waals surface area (Å²) in [4.78, 5) is 17.7. The van der Waals surface area contributed by atoms with Gasteiger partial charge in [0.15, 0.2) is 0 Å². The van der Waals surface area contributed by atoms with Crippen LogP contribution >= 0.6 is 11.6 Å². The van der Waals surface area contributed by atoms with Crippen molar-refractivity contribution in [1.29, 1.82) is 0 Å². The molecule has 0 radical (unpaired) electrons. The van der Waals surface area contributed by atoms with E-state index in [1.807, 2.05) is 18.2 Å². The molecule has 17 heavy (non-hydrogen) atoms. The Balaban J connectivity index is 2.22. The largest absolute Gasteiger partial charge is 0.296 e. The summed E-state index contributed by atoms with van der Waals surface area (Å²) >= 11 is 5.96. The molecular formula is C13H11ClN2O. The zero-order valence-corrected chi connectivity index (χ0v) is 10.2. The molecule has 0 spiro atoms. The van der Waals surface area contributed by atoms with Crippen LogP contribution in [-0.4, -0.2) is 17.4 Å². The van der Waals surface area contributed by atoms with Crippen LogP contribution in [0.15, 0.2) is 24.3 Å². The van der Waals surface area contributed by atoms with Crippen LogP contribution in [0.2, 0.25) is 5.02 Å². The lowest BCUT2D eigenvalue weighted by Crippen LogP contribution is -2.26. The van der Waals surface area contributed by atoms with E-state index in [0.29, 0.717) is 5.02 Å². The quantitative estimate of drug-likeness (QED) is 0.716. The number of fused-ring (bicyclic) bond motifs is 2. The van der Waals surface area contributed by atoms with Crippen LogP contribution in [0, 0.1) is 0 Å². The highest BCUT2D eigenvalue weighted by Crippen LogP contribution is 2.30. The van der Waals surface area contributed by atoms with E-state index in [-0.39, 0.29) is 5.91 Å². The molecule has 86 valence electrons. The Kier molecular flexibility index (Phi) is 2.30. The molecule has 3 nitrogen and oxygen atoms in total. The molecule has 0 aliphatic carbocycles. The molecule has 1 aromatic heterocycles. The smallest absolute Gasteiger partial charge is 0.225 e. The van der Waals surface area contributed by atoms with Gasteiger partial charge in [-0.3, -0.25) is 9.69 Å². The minimum Gasteiger partial charge on any atom is -0.296 e. The zero-order chi connectivity index (χ0) is 12.0. The third-order valence-corrected chi connectivity index (χ3v) is 3.31. The molecule has 1 aromatic carbocycles. The summed E-state index contributed by atoms with van der Waals surface area (Å²) in [5.74, 6) is 0.844. The molecular weight excluding hydrogens is 236 g/mol. The molecule has 0 unspecified atom stereocenters. The van der Waals surface area contributed by atoms with Crippen molar-refractivity contribution in [2.75, 3.05) is 11.4 Å². The number of aromatic nitrogens is 1. The number of carbonyl (C=O) groups excluding carboxylic acids is 1. The highest BCUT2D eigenvalue weighted by molar-refractivity contribution is 6.31. The van der Waals surface area contributed by atoms with Gasteiger partial charge >= 0.3 is 0 Å². The first-order valence-corrected chi connectivity index (χ1v) is 5.90. The van der Waals surface area contributed by atoms with Gasteiger partial charge in [0.2, 0.25) is 5.91 Å². The van der Waals surface area contributed by atoms with Crippen LogP contribution in [0.3, 0.4) is 0 Å². The number of halogens is 1. The predicted molar refractivity (Wildman–Crippen MR) is 68.5 cm³/mol. The first kappa shape index (κ1) is 10.5. The lowest BCUT2D eigenvalue weighted by atomic mass is 10.1. The fourth-order valence-corrected chi connectivity index (χ4v) is 2.42. The third kappa shape index (κ3) is 1.67. The first-order valence-electron chi connectivity index (χ1n) is 5.52. The van der Waals surface area contributed by atoms with Gasteiger partial charge in [-0.1, -0.05) is 11.6 Å². The second kappa shape index (κ2) is 3.70. The minimum absolute atomic E-state index is 0.0459. The van der Waals surface area contributed by atoms with Crippen molar-refractivity contribution in [2.45, 2.75) is 13.3 Å². The monoisotopic (exact) mass is 246 g/mol. The van der Waals surface area contributed by atoms with Gasteiger partial charge in [-0.2, -0.15) is 0 Å². The van der Waals surface area contributed by atoms with Gasteiger partial charge in [-0.25, -0.2) is 4.98 Å². The van der Waals surface area contributed by atoms with Gasteiger partial charge in [0.05, 0.1) is 5.52 Å². The summed E-state index contributed by atoms with van der Waals surface area (Å²) in [5.41, 5.74) is 2.00. The summed E-state index contributed by atoms with van der Waals surface area (Å²) in [6, 6.07) is 7.68. The summed E-state index contributed by atoms with van der Waals surface area (Å²) in [6.45, 7) is 2.30. The fraction of sp³-hybridized carbons (Fsp3) is 0.231. The van der Waals surface area contributed by atoms with Crippen molar-refractivity contribution in [3.8, 4) is 0 Å². The van der Waals surface area contributed by atoms with E-state index in [2.05, 4.69) is 11.1 Å².